The molecule has 0 spiro atoms. The van der Waals surface area contributed by atoms with Gasteiger partial charge in [0.2, 0.25) is 0 Å². The minimum Gasteiger partial charge on any atom is -0.469 e. The second kappa shape index (κ2) is 9.40. The van der Waals surface area contributed by atoms with Gasteiger partial charge < -0.3 is 19.8 Å². The molecule has 128 valence electrons. The van der Waals surface area contributed by atoms with Crippen LogP contribution in [0.2, 0.25) is 0 Å². The Kier molecular flexibility index (Phi) is 7.20. The lowest BCUT2D eigenvalue weighted by atomic mass is 10.0. The number of hydrogen-bond acceptors (Lipinski definition) is 3. The van der Waals surface area contributed by atoms with E-state index in [-0.39, 0.29) is 0 Å². The van der Waals surface area contributed by atoms with Gasteiger partial charge in [0.1, 0.15) is 5.76 Å². The molecule has 0 unspecified atom stereocenters. The third-order valence-electron chi connectivity index (χ3n) is 4.17. The first kappa shape index (κ1) is 17.6. The van der Waals surface area contributed by atoms with E-state index < -0.39 is 0 Å². The van der Waals surface area contributed by atoms with Gasteiger partial charge in [0.05, 0.1) is 6.26 Å². The number of hydrogen-bond donors (Lipinski definition) is 2. The van der Waals surface area contributed by atoms with Crippen LogP contribution in [0.5, 0.6) is 0 Å². The van der Waals surface area contributed by atoms with Crippen molar-refractivity contribution in [3.8, 4) is 0 Å². The third-order valence-corrected chi connectivity index (χ3v) is 4.17. The number of aliphatic imine (C=N–C) groups is 1. The van der Waals surface area contributed by atoms with E-state index in [0.717, 1.165) is 50.9 Å². The maximum absolute atomic E-state index is 5.48. The van der Waals surface area contributed by atoms with Gasteiger partial charge in [-0.25, -0.2) is 0 Å². The summed E-state index contributed by atoms with van der Waals surface area (Å²) in [5, 5.41) is 6.64. The zero-order chi connectivity index (χ0) is 16.4. The Bertz CT molecular complexity index is 478. The SMILES string of the molecule is C=CCNC(=NCC1(CCOCC)CC1)NCCc1ccco1. The van der Waals surface area contributed by atoms with Crippen molar-refractivity contribution in [1.82, 2.24) is 10.6 Å². The molecule has 0 amide bonds. The first-order chi connectivity index (χ1) is 11.3. The number of nitrogens with zero attached hydrogens (tertiary/aromatic N) is 1. The van der Waals surface area contributed by atoms with E-state index in [4.69, 9.17) is 14.1 Å². The molecule has 23 heavy (non-hydrogen) atoms. The highest BCUT2D eigenvalue weighted by Gasteiger charge is 2.41. The highest BCUT2D eigenvalue weighted by molar-refractivity contribution is 5.80. The van der Waals surface area contributed by atoms with Crippen LogP contribution in [0.15, 0.2) is 40.5 Å². The number of guanidine groups is 1. The Hall–Kier alpha value is -1.75. The van der Waals surface area contributed by atoms with E-state index in [0.29, 0.717) is 12.0 Å². The summed E-state index contributed by atoms with van der Waals surface area (Å²) in [4.78, 5) is 4.75. The Morgan fingerprint density at radius 3 is 3.00 bits per heavy atom. The zero-order valence-electron chi connectivity index (χ0n) is 14.1. The third kappa shape index (κ3) is 6.48. The Morgan fingerprint density at radius 1 is 1.48 bits per heavy atom. The second-order valence-electron chi connectivity index (χ2n) is 6.04. The summed E-state index contributed by atoms with van der Waals surface area (Å²) in [5.41, 5.74) is 0.360. The maximum Gasteiger partial charge on any atom is 0.191 e. The Morgan fingerprint density at radius 2 is 2.35 bits per heavy atom. The first-order valence-corrected chi connectivity index (χ1v) is 8.51. The van der Waals surface area contributed by atoms with Crippen LogP contribution in [-0.4, -0.2) is 38.8 Å². The smallest absolute Gasteiger partial charge is 0.191 e. The van der Waals surface area contributed by atoms with Crippen LogP contribution in [0.4, 0.5) is 0 Å². The molecule has 0 aliphatic heterocycles. The van der Waals surface area contributed by atoms with E-state index in [1.54, 1.807) is 6.26 Å². The monoisotopic (exact) mass is 319 g/mol. The topological polar surface area (TPSA) is 58.8 Å². The van der Waals surface area contributed by atoms with Crippen LogP contribution in [0.3, 0.4) is 0 Å². The number of nitrogens with one attached hydrogen (secondary N) is 2. The summed E-state index contributed by atoms with van der Waals surface area (Å²) >= 11 is 0. The van der Waals surface area contributed by atoms with Crippen molar-refractivity contribution in [2.45, 2.75) is 32.6 Å². The second-order valence-corrected chi connectivity index (χ2v) is 6.04. The number of ether oxygens (including phenoxy) is 1. The van der Waals surface area contributed by atoms with Gasteiger partial charge >= 0.3 is 0 Å². The standard InChI is InChI=1S/C18H29N3O2/c1-3-11-19-17(20-12-7-16-6-5-13-23-16)21-15-18(8-9-18)10-14-22-4-2/h3,5-6,13H,1,4,7-12,14-15H2,2H3,(H2,19,20,21). The van der Waals surface area contributed by atoms with Crippen LogP contribution in [0.1, 0.15) is 31.9 Å². The molecule has 0 aromatic carbocycles. The molecule has 5 nitrogen and oxygen atoms in total. The minimum absolute atomic E-state index is 0.360. The van der Waals surface area contributed by atoms with Gasteiger partial charge in [-0.3, -0.25) is 4.99 Å². The summed E-state index contributed by atoms with van der Waals surface area (Å²) in [5.74, 6) is 1.83. The summed E-state index contributed by atoms with van der Waals surface area (Å²) in [6.07, 6.45) is 8.00. The van der Waals surface area contributed by atoms with Crippen molar-refractivity contribution in [2.75, 3.05) is 32.8 Å². The van der Waals surface area contributed by atoms with Crippen molar-refractivity contribution < 1.29 is 9.15 Å². The molecule has 1 saturated carbocycles. The highest BCUT2D eigenvalue weighted by Crippen LogP contribution is 2.48. The van der Waals surface area contributed by atoms with Gasteiger partial charge in [0.15, 0.2) is 5.96 Å². The maximum atomic E-state index is 5.48. The lowest BCUT2D eigenvalue weighted by Gasteiger charge is -2.15. The normalized spacial score (nSPS) is 16.1. The van der Waals surface area contributed by atoms with E-state index in [2.05, 4.69) is 17.2 Å². The lowest BCUT2D eigenvalue weighted by Crippen LogP contribution is -2.39. The molecule has 1 fully saturated rings. The Balaban J connectivity index is 1.77. The van der Waals surface area contributed by atoms with Gasteiger partial charge in [-0.05, 0) is 43.7 Å². The summed E-state index contributed by atoms with van der Waals surface area (Å²) in [6, 6.07) is 3.90. The molecule has 1 heterocycles. The predicted molar refractivity (Wildman–Crippen MR) is 93.7 cm³/mol. The van der Waals surface area contributed by atoms with Crippen LogP contribution < -0.4 is 10.6 Å². The zero-order valence-corrected chi connectivity index (χ0v) is 14.1. The van der Waals surface area contributed by atoms with Crippen LogP contribution in [0, 0.1) is 5.41 Å². The summed E-state index contributed by atoms with van der Waals surface area (Å²) in [6.45, 7) is 9.78. The molecule has 0 bridgehead atoms. The molecule has 2 N–H and O–H groups in total. The Labute approximate surface area is 139 Å². The van der Waals surface area contributed by atoms with Crippen molar-refractivity contribution in [3.05, 3.63) is 36.8 Å². The number of rotatable bonds is 11. The molecule has 0 saturated heterocycles. The minimum atomic E-state index is 0.360. The summed E-state index contributed by atoms with van der Waals surface area (Å²) in [7, 11) is 0. The van der Waals surface area contributed by atoms with Gasteiger partial charge in [-0.15, -0.1) is 6.58 Å². The predicted octanol–water partition coefficient (Wildman–Crippen LogP) is 2.75. The van der Waals surface area contributed by atoms with Crippen molar-refractivity contribution in [3.63, 3.8) is 0 Å². The molecule has 2 rings (SSSR count). The molecule has 0 atom stereocenters. The van der Waals surface area contributed by atoms with Gasteiger partial charge in [0, 0.05) is 39.3 Å². The van der Waals surface area contributed by atoms with Crippen LogP contribution in [0.25, 0.3) is 0 Å². The van der Waals surface area contributed by atoms with E-state index in [1.807, 2.05) is 25.1 Å². The van der Waals surface area contributed by atoms with E-state index in [9.17, 15) is 0 Å². The summed E-state index contributed by atoms with van der Waals surface area (Å²) < 4.78 is 10.8. The fourth-order valence-electron chi connectivity index (χ4n) is 2.45. The lowest BCUT2D eigenvalue weighted by molar-refractivity contribution is 0.129. The van der Waals surface area contributed by atoms with Crippen molar-refractivity contribution in [1.29, 1.82) is 0 Å². The van der Waals surface area contributed by atoms with Crippen LogP contribution >= 0.6 is 0 Å². The van der Waals surface area contributed by atoms with Crippen molar-refractivity contribution in [2.24, 2.45) is 10.4 Å². The van der Waals surface area contributed by atoms with Crippen LogP contribution in [-0.2, 0) is 11.2 Å². The van der Waals surface area contributed by atoms with Gasteiger partial charge in [-0.2, -0.15) is 0 Å². The molecule has 1 aliphatic rings. The molecule has 0 radical (unpaired) electrons. The fourth-order valence-corrected chi connectivity index (χ4v) is 2.45. The van der Waals surface area contributed by atoms with E-state index in [1.165, 1.54) is 12.8 Å². The highest BCUT2D eigenvalue weighted by atomic mass is 16.5. The molecular formula is C18H29N3O2. The largest absolute Gasteiger partial charge is 0.469 e. The molecular weight excluding hydrogens is 290 g/mol. The van der Waals surface area contributed by atoms with Gasteiger partial charge in [-0.1, -0.05) is 6.08 Å². The average molecular weight is 319 g/mol. The van der Waals surface area contributed by atoms with Gasteiger partial charge in [0.25, 0.3) is 0 Å². The number of furan rings is 1. The quantitative estimate of drug-likeness (QED) is 0.285. The molecule has 1 aromatic rings. The molecule has 5 heteroatoms. The first-order valence-electron chi connectivity index (χ1n) is 8.51. The van der Waals surface area contributed by atoms with E-state index >= 15 is 0 Å². The molecule has 1 aliphatic carbocycles. The fraction of sp³-hybridized carbons (Fsp3) is 0.611. The van der Waals surface area contributed by atoms with Crippen molar-refractivity contribution >= 4 is 5.96 Å². The molecule has 1 aromatic heterocycles. The average Bonchev–Trinajstić information content (AvgIpc) is 3.13.